The van der Waals surface area contributed by atoms with E-state index in [-0.39, 0.29) is 36.6 Å². The van der Waals surface area contributed by atoms with Gasteiger partial charge in [0.15, 0.2) is 0 Å². The summed E-state index contributed by atoms with van der Waals surface area (Å²) in [5.74, 6) is 0.695. The molecule has 0 heterocycles. The van der Waals surface area contributed by atoms with Crippen molar-refractivity contribution in [1.29, 1.82) is 0 Å². The van der Waals surface area contributed by atoms with Crippen LogP contribution in [0.5, 0.6) is 0 Å². The standard InChI is InChI=1S/C14H28N2O2.ClH/c1-4-13(14(17)16-11(3)9-15)18-12-7-5-6-10(2)8-12;/h10-13H,4-9,15H2,1-3H3,(H,16,17);1H/t10?,11-,12?,13?;/m0./s1. The highest BCUT2D eigenvalue weighted by molar-refractivity contribution is 5.85. The summed E-state index contributed by atoms with van der Waals surface area (Å²) in [6.45, 7) is 6.62. The van der Waals surface area contributed by atoms with Gasteiger partial charge < -0.3 is 15.8 Å². The van der Waals surface area contributed by atoms with Crippen LogP contribution in [0.15, 0.2) is 0 Å². The van der Waals surface area contributed by atoms with Gasteiger partial charge in [-0.25, -0.2) is 0 Å². The second kappa shape index (κ2) is 9.56. The van der Waals surface area contributed by atoms with Gasteiger partial charge in [-0.15, -0.1) is 12.4 Å². The smallest absolute Gasteiger partial charge is 0.249 e. The zero-order valence-electron chi connectivity index (χ0n) is 12.4. The number of amides is 1. The Balaban J connectivity index is 0.00000324. The molecular formula is C14H29ClN2O2. The Morgan fingerprint density at radius 1 is 1.47 bits per heavy atom. The predicted octanol–water partition coefficient (Wildman–Crippen LogP) is 2.25. The third-order valence-electron chi connectivity index (χ3n) is 3.65. The van der Waals surface area contributed by atoms with E-state index in [9.17, 15) is 4.79 Å². The summed E-state index contributed by atoms with van der Waals surface area (Å²) in [7, 11) is 0. The van der Waals surface area contributed by atoms with Crippen LogP contribution in [0.2, 0.25) is 0 Å². The Morgan fingerprint density at radius 3 is 2.68 bits per heavy atom. The fourth-order valence-electron chi connectivity index (χ4n) is 2.47. The third-order valence-corrected chi connectivity index (χ3v) is 3.65. The topological polar surface area (TPSA) is 64.3 Å². The minimum absolute atomic E-state index is 0. The van der Waals surface area contributed by atoms with Gasteiger partial charge in [-0.3, -0.25) is 4.79 Å². The predicted molar refractivity (Wildman–Crippen MR) is 80.5 cm³/mol. The summed E-state index contributed by atoms with van der Waals surface area (Å²) >= 11 is 0. The minimum atomic E-state index is -0.325. The maximum atomic E-state index is 12.0. The molecule has 1 amide bonds. The minimum Gasteiger partial charge on any atom is -0.365 e. The van der Waals surface area contributed by atoms with E-state index in [4.69, 9.17) is 10.5 Å². The van der Waals surface area contributed by atoms with Crippen LogP contribution in [0.1, 0.15) is 52.9 Å². The van der Waals surface area contributed by atoms with Crippen LogP contribution in [-0.2, 0) is 9.53 Å². The van der Waals surface area contributed by atoms with E-state index in [1.807, 2.05) is 13.8 Å². The molecule has 5 heteroatoms. The monoisotopic (exact) mass is 292 g/mol. The lowest BCUT2D eigenvalue weighted by Gasteiger charge is -2.30. The lowest BCUT2D eigenvalue weighted by Crippen LogP contribution is -2.45. The van der Waals surface area contributed by atoms with Gasteiger partial charge in [0, 0.05) is 12.6 Å². The molecule has 4 nitrogen and oxygen atoms in total. The lowest BCUT2D eigenvalue weighted by molar-refractivity contribution is -0.139. The summed E-state index contributed by atoms with van der Waals surface area (Å²) in [6, 6.07) is 0.0143. The molecule has 0 saturated heterocycles. The molecule has 3 N–H and O–H groups in total. The number of nitrogens with two attached hydrogens (primary N) is 1. The van der Waals surface area contributed by atoms with Gasteiger partial charge in [0.2, 0.25) is 5.91 Å². The van der Waals surface area contributed by atoms with Gasteiger partial charge >= 0.3 is 0 Å². The van der Waals surface area contributed by atoms with Crippen molar-refractivity contribution in [2.45, 2.75) is 71.1 Å². The molecule has 1 fully saturated rings. The number of carbonyl (C=O) groups excluding carboxylic acids is 1. The van der Waals surface area contributed by atoms with Crippen LogP contribution in [0.3, 0.4) is 0 Å². The summed E-state index contributed by atoms with van der Waals surface area (Å²) in [4.78, 5) is 12.0. The summed E-state index contributed by atoms with van der Waals surface area (Å²) in [6.07, 6.45) is 5.30. The fourth-order valence-corrected chi connectivity index (χ4v) is 2.47. The number of halogens is 1. The first-order valence-electron chi connectivity index (χ1n) is 7.22. The van der Waals surface area contributed by atoms with E-state index in [1.165, 1.54) is 12.8 Å². The van der Waals surface area contributed by atoms with Gasteiger partial charge in [-0.1, -0.05) is 26.7 Å². The highest BCUT2D eigenvalue weighted by Crippen LogP contribution is 2.26. The van der Waals surface area contributed by atoms with Crippen molar-refractivity contribution in [2.75, 3.05) is 6.54 Å². The first-order chi connectivity index (χ1) is 8.56. The van der Waals surface area contributed by atoms with Crippen molar-refractivity contribution in [1.82, 2.24) is 5.32 Å². The molecule has 1 rings (SSSR count). The molecule has 0 spiro atoms. The van der Waals surface area contributed by atoms with E-state index < -0.39 is 0 Å². The van der Waals surface area contributed by atoms with Crippen molar-refractivity contribution in [3.05, 3.63) is 0 Å². The van der Waals surface area contributed by atoms with Gasteiger partial charge in [-0.2, -0.15) is 0 Å². The molecule has 1 saturated carbocycles. The van der Waals surface area contributed by atoms with Gasteiger partial charge in [0.25, 0.3) is 0 Å². The third kappa shape index (κ3) is 6.59. The maximum Gasteiger partial charge on any atom is 0.249 e. The normalized spacial score (nSPS) is 26.1. The van der Waals surface area contributed by atoms with Crippen molar-refractivity contribution in [2.24, 2.45) is 11.7 Å². The number of ether oxygens (including phenoxy) is 1. The zero-order chi connectivity index (χ0) is 13.5. The molecule has 19 heavy (non-hydrogen) atoms. The summed E-state index contributed by atoms with van der Waals surface area (Å²) < 4.78 is 5.97. The first kappa shape index (κ1) is 18.7. The second-order valence-electron chi connectivity index (χ2n) is 5.57. The van der Waals surface area contributed by atoms with E-state index in [0.29, 0.717) is 18.9 Å². The quantitative estimate of drug-likeness (QED) is 0.789. The molecule has 1 aliphatic rings. The molecule has 4 atom stereocenters. The fraction of sp³-hybridized carbons (Fsp3) is 0.929. The number of rotatable bonds is 6. The number of carbonyl (C=O) groups is 1. The molecule has 0 aromatic rings. The Kier molecular flexibility index (Phi) is 9.40. The SMILES string of the molecule is CCC(OC1CCCC(C)C1)C(=O)N[C@@H](C)CN.Cl. The second-order valence-corrected chi connectivity index (χ2v) is 5.57. The van der Waals surface area contributed by atoms with Gasteiger partial charge in [0.05, 0.1) is 6.10 Å². The molecular weight excluding hydrogens is 264 g/mol. The van der Waals surface area contributed by atoms with Crippen molar-refractivity contribution in [3.63, 3.8) is 0 Å². The maximum absolute atomic E-state index is 12.0. The summed E-state index contributed by atoms with van der Waals surface area (Å²) in [5.41, 5.74) is 5.51. The molecule has 0 aromatic carbocycles. The molecule has 0 aromatic heterocycles. The lowest BCUT2D eigenvalue weighted by atomic mass is 9.88. The zero-order valence-corrected chi connectivity index (χ0v) is 13.2. The largest absolute Gasteiger partial charge is 0.365 e. The molecule has 0 aliphatic heterocycles. The Labute approximate surface area is 123 Å². The molecule has 0 bridgehead atoms. The van der Waals surface area contributed by atoms with Crippen LogP contribution >= 0.6 is 12.4 Å². The highest BCUT2D eigenvalue weighted by atomic mass is 35.5. The van der Waals surface area contributed by atoms with E-state index >= 15 is 0 Å². The first-order valence-corrected chi connectivity index (χ1v) is 7.22. The number of hydrogen-bond acceptors (Lipinski definition) is 3. The van der Waals surface area contributed by atoms with Crippen molar-refractivity contribution >= 4 is 18.3 Å². The van der Waals surface area contributed by atoms with Crippen LogP contribution in [0, 0.1) is 5.92 Å². The average Bonchev–Trinajstić information content (AvgIpc) is 2.35. The van der Waals surface area contributed by atoms with Gasteiger partial charge in [-0.05, 0) is 32.1 Å². The van der Waals surface area contributed by atoms with Crippen LogP contribution < -0.4 is 11.1 Å². The summed E-state index contributed by atoms with van der Waals surface area (Å²) in [5, 5.41) is 2.89. The van der Waals surface area contributed by atoms with Crippen molar-refractivity contribution in [3.8, 4) is 0 Å². The van der Waals surface area contributed by atoms with Crippen LogP contribution in [0.25, 0.3) is 0 Å². The Morgan fingerprint density at radius 2 is 2.16 bits per heavy atom. The Bertz CT molecular complexity index is 264. The highest BCUT2D eigenvalue weighted by Gasteiger charge is 2.26. The molecule has 0 radical (unpaired) electrons. The molecule has 3 unspecified atom stereocenters. The molecule has 114 valence electrons. The molecule has 1 aliphatic carbocycles. The van der Waals surface area contributed by atoms with Crippen LogP contribution in [-0.4, -0.2) is 30.7 Å². The number of nitrogens with one attached hydrogen (secondary N) is 1. The van der Waals surface area contributed by atoms with Crippen molar-refractivity contribution < 1.29 is 9.53 Å². The van der Waals surface area contributed by atoms with E-state index in [2.05, 4.69) is 12.2 Å². The van der Waals surface area contributed by atoms with E-state index in [1.54, 1.807) is 0 Å². The van der Waals surface area contributed by atoms with E-state index in [0.717, 1.165) is 12.8 Å². The average molecular weight is 293 g/mol. The Hall–Kier alpha value is -0.320. The van der Waals surface area contributed by atoms with Crippen LogP contribution in [0.4, 0.5) is 0 Å². The number of hydrogen-bond donors (Lipinski definition) is 2. The van der Waals surface area contributed by atoms with Gasteiger partial charge in [0.1, 0.15) is 6.10 Å².